The lowest BCUT2D eigenvalue weighted by Gasteiger charge is -2.18. The number of esters is 2. The minimum absolute atomic E-state index is 0.0825. The Bertz CT molecular complexity index is 955. The van der Waals surface area contributed by atoms with Crippen molar-refractivity contribution in [2.75, 3.05) is 19.8 Å². The Morgan fingerprint density at radius 1 is 0.367 bits per heavy atom. The Labute approximate surface area is 374 Å². The van der Waals surface area contributed by atoms with E-state index in [0.29, 0.717) is 19.4 Å². The summed E-state index contributed by atoms with van der Waals surface area (Å²) >= 11 is 0. The summed E-state index contributed by atoms with van der Waals surface area (Å²) in [4.78, 5) is 25.4. The number of hydrogen-bond donors (Lipinski definition) is 0. The molecule has 0 amide bonds. The third-order valence-electron chi connectivity index (χ3n) is 11.6. The van der Waals surface area contributed by atoms with Crippen LogP contribution in [0.15, 0.2) is 36.5 Å². The van der Waals surface area contributed by atoms with Crippen molar-refractivity contribution >= 4 is 11.9 Å². The van der Waals surface area contributed by atoms with Gasteiger partial charge in [0, 0.05) is 19.4 Å². The SMILES string of the molecule is CCC/C=C\C/C=C\CCCCCCCCOCC(COC(=O)CCCCCCCCCCCCCCCCCCC)OC(=O)CCCCCCC/C=C\CCCCCC. The predicted octanol–water partition coefficient (Wildman–Crippen LogP) is 17.8. The van der Waals surface area contributed by atoms with Gasteiger partial charge in [-0.25, -0.2) is 0 Å². The number of carbonyl (C=O) groups excluding carboxylic acids is 2. The van der Waals surface area contributed by atoms with E-state index in [1.807, 2.05) is 0 Å². The molecule has 1 unspecified atom stereocenters. The Balaban J connectivity index is 4.23. The van der Waals surface area contributed by atoms with Crippen molar-refractivity contribution in [2.45, 2.75) is 284 Å². The van der Waals surface area contributed by atoms with Crippen LogP contribution in [0.3, 0.4) is 0 Å². The van der Waals surface area contributed by atoms with Crippen LogP contribution < -0.4 is 0 Å². The molecule has 0 saturated heterocycles. The maximum absolute atomic E-state index is 12.8. The maximum atomic E-state index is 12.8. The van der Waals surface area contributed by atoms with Crippen molar-refractivity contribution in [1.29, 1.82) is 0 Å². The lowest BCUT2D eigenvalue weighted by Crippen LogP contribution is -2.30. The molecule has 352 valence electrons. The average Bonchev–Trinajstić information content (AvgIpc) is 3.25. The standard InChI is InChI=1S/C55H102O5/c1-4-7-10-13-16-19-22-25-27-28-29-31-33-36-39-42-45-48-54(56)59-52-53(51-58-50-47-44-41-38-35-32-26-23-20-17-14-11-8-5-2)60-55(57)49-46-43-40-37-34-30-24-21-18-15-12-9-6-3/h11,14,20-21,23-24,53H,4-10,12-13,15-19,22,25-52H2,1-3H3/b14-11-,23-20-,24-21-. The molecule has 60 heavy (non-hydrogen) atoms. The van der Waals surface area contributed by atoms with Crippen molar-refractivity contribution in [3.8, 4) is 0 Å². The van der Waals surface area contributed by atoms with E-state index in [9.17, 15) is 9.59 Å². The van der Waals surface area contributed by atoms with E-state index in [1.54, 1.807) is 0 Å². The van der Waals surface area contributed by atoms with Crippen LogP contribution in [-0.4, -0.2) is 37.9 Å². The van der Waals surface area contributed by atoms with Gasteiger partial charge in [0.25, 0.3) is 0 Å². The van der Waals surface area contributed by atoms with Gasteiger partial charge in [0.05, 0.1) is 6.61 Å². The molecule has 0 radical (unpaired) electrons. The van der Waals surface area contributed by atoms with Crippen LogP contribution in [-0.2, 0) is 23.8 Å². The van der Waals surface area contributed by atoms with E-state index in [-0.39, 0.29) is 25.2 Å². The molecule has 0 aliphatic heterocycles. The fourth-order valence-corrected chi connectivity index (χ4v) is 7.66. The quantitative estimate of drug-likeness (QED) is 0.0347. The molecule has 0 bridgehead atoms. The molecular weight excluding hydrogens is 741 g/mol. The van der Waals surface area contributed by atoms with Gasteiger partial charge in [-0.1, -0.05) is 231 Å². The van der Waals surface area contributed by atoms with Crippen LogP contribution in [0.1, 0.15) is 278 Å². The highest BCUT2D eigenvalue weighted by Crippen LogP contribution is 2.16. The normalized spacial score (nSPS) is 12.4. The average molecular weight is 843 g/mol. The summed E-state index contributed by atoms with van der Waals surface area (Å²) in [5.41, 5.74) is 0. The Morgan fingerprint density at radius 3 is 1.20 bits per heavy atom. The van der Waals surface area contributed by atoms with E-state index in [2.05, 4.69) is 57.2 Å². The summed E-state index contributed by atoms with van der Waals surface area (Å²) in [5.74, 6) is -0.399. The molecule has 0 aromatic heterocycles. The fraction of sp³-hybridized carbons (Fsp3) is 0.855. The number of ether oxygens (including phenoxy) is 3. The minimum atomic E-state index is -0.541. The van der Waals surface area contributed by atoms with Gasteiger partial charge in [-0.2, -0.15) is 0 Å². The molecule has 0 fully saturated rings. The molecule has 0 aliphatic carbocycles. The molecule has 0 N–H and O–H groups in total. The van der Waals surface area contributed by atoms with Crippen LogP contribution in [0.4, 0.5) is 0 Å². The molecule has 5 nitrogen and oxygen atoms in total. The summed E-state index contributed by atoms with van der Waals surface area (Å²) in [6, 6.07) is 0. The molecule has 0 aliphatic rings. The first kappa shape index (κ1) is 58.1. The molecular formula is C55H102O5. The zero-order valence-electron chi connectivity index (χ0n) is 40.5. The zero-order chi connectivity index (χ0) is 43.5. The number of allylic oxidation sites excluding steroid dienone is 6. The third-order valence-corrected chi connectivity index (χ3v) is 11.6. The number of hydrogen-bond acceptors (Lipinski definition) is 5. The highest BCUT2D eigenvalue weighted by atomic mass is 16.6. The first-order chi connectivity index (χ1) is 29.6. The lowest BCUT2D eigenvalue weighted by molar-refractivity contribution is -0.163. The van der Waals surface area contributed by atoms with Gasteiger partial charge in [0.15, 0.2) is 6.10 Å². The largest absolute Gasteiger partial charge is 0.462 e. The lowest BCUT2D eigenvalue weighted by atomic mass is 10.0. The molecule has 1 atom stereocenters. The second kappa shape index (κ2) is 51.5. The first-order valence-electron chi connectivity index (χ1n) is 26.5. The number of unbranched alkanes of at least 4 members (excludes halogenated alkanes) is 32. The molecule has 0 saturated carbocycles. The van der Waals surface area contributed by atoms with Crippen molar-refractivity contribution in [3.05, 3.63) is 36.5 Å². The van der Waals surface area contributed by atoms with Crippen LogP contribution in [0, 0.1) is 0 Å². The monoisotopic (exact) mass is 843 g/mol. The van der Waals surface area contributed by atoms with Gasteiger partial charge in [-0.05, 0) is 70.6 Å². The van der Waals surface area contributed by atoms with E-state index in [0.717, 1.165) is 57.8 Å². The van der Waals surface area contributed by atoms with Crippen LogP contribution in [0.25, 0.3) is 0 Å². The van der Waals surface area contributed by atoms with Gasteiger partial charge in [0.2, 0.25) is 0 Å². The predicted molar refractivity (Wildman–Crippen MR) is 261 cm³/mol. The van der Waals surface area contributed by atoms with Gasteiger partial charge in [0.1, 0.15) is 6.61 Å². The third kappa shape index (κ3) is 48.8. The van der Waals surface area contributed by atoms with E-state index >= 15 is 0 Å². The maximum Gasteiger partial charge on any atom is 0.306 e. The van der Waals surface area contributed by atoms with E-state index in [1.165, 1.54) is 186 Å². The van der Waals surface area contributed by atoms with Crippen LogP contribution >= 0.6 is 0 Å². The second-order valence-corrected chi connectivity index (χ2v) is 17.8. The van der Waals surface area contributed by atoms with Crippen molar-refractivity contribution in [1.82, 2.24) is 0 Å². The van der Waals surface area contributed by atoms with E-state index in [4.69, 9.17) is 14.2 Å². The van der Waals surface area contributed by atoms with Crippen molar-refractivity contribution in [2.24, 2.45) is 0 Å². The van der Waals surface area contributed by atoms with Crippen molar-refractivity contribution in [3.63, 3.8) is 0 Å². The first-order valence-corrected chi connectivity index (χ1v) is 26.5. The molecule has 0 spiro atoms. The summed E-state index contributed by atoms with van der Waals surface area (Å²) in [6.45, 7) is 7.77. The Hall–Kier alpha value is -1.88. The highest BCUT2D eigenvalue weighted by Gasteiger charge is 2.17. The molecule has 0 heterocycles. The topological polar surface area (TPSA) is 61.8 Å². The van der Waals surface area contributed by atoms with Gasteiger partial charge in [-0.3, -0.25) is 9.59 Å². The zero-order valence-corrected chi connectivity index (χ0v) is 40.5. The second-order valence-electron chi connectivity index (χ2n) is 17.8. The van der Waals surface area contributed by atoms with E-state index < -0.39 is 6.10 Å². The Kier molecular flexibility index (Phi) is 49.9. The molecule has 0 rings (SSSR count). The molecule has 5 heteroatoms. The molecule has 0 aromatic carbocycles. The smallest absolute Gasteiger partial charge is 0.306 e. The summed E-state index contributed by atoms with van der Waals surface area (Å²) < 4.78 is 17.4. The number of carbonyl (C=O) groups is 2. The minimum Gasteiger partial charge on any atom is -0.462 e. The summed E-state index contributed by atoms with van der Waals surface area (Å²) in [5, 5.41) is 0. The highest BCUT2D eigenvalue weighted by molar-refractivity contribution is 5.70. The van der Waals surface area contributed by atoms with Gasteiger partial charge >= 0.3 is 11.9 Å². The van der Waals surface area contributed by atoms with Crippen LogP contribution in [0.2, 0.25) is 0 Å². The van der Waals surface area contributed by atoms with Crippen molar-refractivity contribution < 1.29 is 23.8 Å². The summed E-state index contributed by atoms with van der Waals surface area (Å²) in [7, 11) is 0. The Morgan fingerprint density at radius 2 is 0.733 bits per heavy atom. The summed E-state index contributed by atoms with van der Waals surface area (Å²) in [6.07, 6.45) is 61.5. The van der Waals surface area contributed by atoms with Gasteiger partial charge in [-0.15, -0.1) is 0 Å². The van der Waals surface area contributed by atoms with Crippen LogP contribution in [0.5, 0.6) is 0 Å². The van der Waals surface area contributed by atoms with Gasteiger partial charge < -0.3 is 14.2 Å². The fourth-order valence-electron chi connectivity index (χ4n) is 7.66. The number of rotatable bonds is 49. The molecule has 0 aromatic rings.